The smallest absolute Gasteiger partial charge is 0.248 e. The monoisotopic (exact) mass is 446 g/mol. The van der Waals surface area contributed by atoms with Crippen LogP contribution in [0.1, 0.15) is 16.8 Å². The van der Waals surface area contributed by atoms with Gasteiger partial charge in [0.05, 0.1) is 10.6 Å². The maximum Gasteiger partial charge on any atom is 0.248 e. The quantitative estimate of drug-likeness (QED) is 0.712. The summed E-state index contributed by atoms with van der Waals surface area (Å²) in [7, 11) is -5.97. The fourth-order valence-electron chi connectivity index (χ4n) is 3.31. The van der Waals surface area contributed by atoms with Crippen LogP contribution in [0.15, 0.2) is 28.0 Å². The van der Waals surface area contributed by atoms with Crippen LogP contribution in [0.2, 0.25) is 5.15 Å². The number of halogens is 1. The Kier molecular flexibility index (Phi) is 5.63. The van der Waals surface area contributed by atoms with E-state index in [0.29, 0.717) is 11.3 Å². The summed E-state index contributed by atoms with van der Waals surface area (Å²) in [6.07, 6.45) is 0. The van der Waals surface area contributed by atoms with Crippen molar-refractivity contribution in [2.24, 2.45) is 7.05 Å². The Labute approximate surface area is 170 Å². The zero-order valence-electron chi connectivity index (χ0n) is 16.2. The standard InChI is InChI=1S/C17H23ClN4O4S2/c1-12-5-6-13(2)15(11-12)27(23,24)21-7-9-22(10-8-21)28(25,26)16-14(3)19-20(4)17(16)18/h5-6,11H,7-10H2,1-4H3. The van der Waals surface area contributed by atoms with E-state index in [1.54, 1.807) is 33.0 Å². The summed E-state index contributed by atoms with van der Waals surface area (Å²) in [5.74, 6) is 0. The first kappa shape index (κ1) is 21.3. The molecule has 28 heavy (non-hydrogen) atoms. The molecular formula is C17H23ClN4O4S2. The van der Waals surface area contributed by atoms with Gasteiger partial charge >= 0.3 is 0 Å². The Hall–Kier alpha value is -1.46. The molecule has 0 unspecified atom stereocenters. The molecule has 0 saturated carbocycles. The van der Waals surface area contributed by atoms with Crippen LogP contribution < -0.4 is 0 Å². The lowest BCUT2D eigenvalue weighted by Crippen LogP contribution is -2.50. The van der Waals surface area contributed by atoms with E-state index in [-0.39, 0.29) is 41.1 Å². The lowest BCUT2D eigenvalue weighted by atomic mass is 10.2. The molecule has 1 aliphatic rings. The molecule has 0 spiro atoms. The van der Waals surface area contributed by atoms with Crippen molar-refractivity contribution in [1.29, 1.82) is 0 Å². The van der Waals surface area contributed by atoms with Gasteiger partial charge in [0.25, 0.3) is 0 Å². The van der Waals surface area contributed by atoms with Crippen LogP contribution >= 0.6 is 11.6 Å². The van der Waals surface area contributed by atoms with Crippen molar-refractivity contribution >= 4 is 31.6 Å². The normalized spacial score (nSPS) is 17.2. The first-order chi connectivity index (χ1) is 13.0. The van der Waals surface area contributed by atoms with Crippen molar-refractivity contribution in [3.05, 3.63) is 40.2 Å². The van der Waals surface area contributed by atoms with Gasteiger partial charge in [-0.3, -0.25) is 4.68 Å². The van der Waals surface area contributed by atoms with Gasteiger partial charge in [0.2, 0.25) is 20.0 Å². The van der Waals surface area contributed by atoms with Crippen molar-refractivity contribution in [2.45, 2.75) is 30.6 Å². The molecule has 1 aromatic carbocycles. The lowest BCUT2D eigenvalue weighted by molar-refractivity contribution is 0.272. The van der Waals surface area contributed by atoms with E-state index in [0.717, 1.165) is 5.56 Å². The lowest BCUT2D eigenvalue weighted by Gasteiger charge is -2.33. The van der Waals surface area contributed by atoms with E-state index >= 15 is 0 Å². The highest BCUT2D eigenvalue weighted by Gasteiger charge is 2.37. The highest BCUT2D eigenvalue weighted by Crippen LogP contribution is 2.29. The molecule has 0 N–H and O–H groups in total. The molecule has 0 bridgehead atoms. The van der Waals surface area contributed by atoms with Crippen LogP contribution in [0, 0.1) is 20.8 Å². The van der Waals surface area contributed by atoms with Crippen LogP contribution in [0.5, 0.6) is 0 Å². The van der Waals surface area contributed by atoms with Crippen LogP contribution in [0.3, 0.4) is 0 Å². The van der Waals surface area contributed by atoms with Gasteiger partial charge in [0.15, 0.2) is 0 Å². The summed E-state index contributed by atoms with van der Waals surface area (Å²) >= 11 is 6.12. The van der Waals surface area contributed by atoms with Gasteiger partial charge in [-0.2, -0.15) is 13.7 Å². The van der Waals surface area contributed by atoms with Crippen LogP contribution in [0.4, 0.5) is 0 Å². The summed E-state index contributed by atoms with van der Waals surface area (Å²) in [6, 6.07) is 5.28. The number of nitrogens with zero attached hydrogens (tertiary/aromatic N) is 4. The average molecular weight is 447 g/mol. The molecular weight excluding hydrogens is 424 g/mol. The molecule has 1 saturated heterocycles. The third kappa shape index (κ3) is 3.59. The fourth-order valence-corrected chi connectivity index (χ4v) is 7.17. The van der Waals surface area contributed by atoms with E-state index < -0.39 is 20.0 Å². The van der Waals surface area contributed by atoms with Crippen LogP contribution in [0.25, 0.3) is 0 Å². The maximum atomic E-state index is 13.0. The molecule has 0 amide bonds. The molecule has 3 rings (SSSR count). The third-order valence-electron chi connectivity index (χ3n) is 4.86. The zero-order valence-corrected chi connectivity index (χ0v) is 18.6. The van der Waals surface area contributed by atoms with Crippen molar-refractivity contribution in [3.8, 4) is 0 Å². The zero-order chi connectivity index (χ0) is 20.9. The van der Waals surface area contributed by atoms with E-state index in [4.69, 9.17) is 11.6 Å². The number of aryl methyl sites for hydroxylation is 4. The minimum atomic E-state index is -3.85. The Balaban J connectivity index is 1.83. The van der Waals surface area contributed by atoms with Gasteiger partial charge < -0.3 is 0 Å². The highest BCUT2D eigenvalue weighted by molar-refractivity contribution is 7.89. The molecule has 0 aliphatic carbocycles. The first-order valence-electron chi connectivity index (χ1n) is 8.73. The van der Waals surface area contributed by atoms with E-state index in [1.807, 2.05) is 13.0 Å². The maximum absolute atomic E-state index is 13.0. The molecule has 154 valence electrons. The van der Waals surface area contributed by atoms with E-state index in [9.17, 15) is 16.8 Å². The van der Waals surface area contributed by atoms with E-state index in [2.05, 4.69) is 5.10 Å². The number of hydrogen-bond acceptors (Lipinski definition) is 5. The summed E-state index contributed by atoms with van der Waals surface area (Å²) < 4.78 is 55.9. The minimum Gasteiger partial charge on any atom is -0.255 e. The van der Waals surface area contributed by atoms with Crippen LogP contribution in [-0.2, 0) is 27.1 Å². The predicted molar refractivity (Wildman–Crippen MR) is 106 cm³/mol. The van der Waals surface area contributed by atoms with E-state index in [1.165, 1.54) is 13.3 Å². The molecule has 11 heteroatoms. The molecule has 1 fully saturated rings. The second-order valence-electron chi connectivity index (χ2n) is 6.91. The minimum absolute atomic E-state index is 0.0255. The Morgan fingerprint density at radius 3 is 1.96 bits per heavy atom. The molecule has 1 aliphatic heterocycles. The molecule has 2 heterocycles. The Morgan fingerprint density at radius 1 is 0.929 bits per heavy atom. The molecule has 8 nitrogen and oxygen atoms in total. The van der Waals surface area contributed by atoms with Crippen molar-refractivity contribution < 1.29 is 16.8 Å². The van der Waals surface area contributed by atoms with Gasteiger partial charge in [-0.1, -0.05) is 23.7 Å². The Morgan fingerprint density at radius 2 is 1.46 bits per heavy atom. The largest absolute Gasteiger partial charge is 0.255 e. The second kappa shape index (κ2) is 7.42. The topological polar surface area (TPSA) is 92.6 Å². The van der Waals surface area contributed by atoms with Crippen molar-refractivity contribution in [3.63, 3.8) is 0 Å². The summed E-state index contributed by atoms with van der Waals surface area (Å²) in [5.41, 5.74) is 1.84. The van der Waals surface area contributed by atoms with Crippen molar-refractivity contribution in [1.82, 2.24) is 18.4 Å². The second-order valence-corrected chi connectivity index (χ2v) is 11.0. The summed E-state index contributed by atoms with van der Waals surface area (Å²) in [5, 5.41) is 4.10. The number of benzene rings is 1. The van der Waals surface area contributed by atoms with Gasteiger partial charge in [0.1, 0.15) is 10.0 Å². The van der Waals surface area contributed by atoms with Crippen molar-refractivity contribution in [2.75, 3.05) is 26.2 Å². The Bertz CT molecular complexity index is 1120. The number of piperazine rings is 1. The molecule has 2 aromatic rings. The number of hydrogen-bond donors (Lipinski definition) is 0. The SMILES string of the molecule is Cc1ccc(C)c(S(=O)(=O)N2CCN(S(=O)(=O)c3c(C)nn(C)c3Cl)CC2)c1. The summed E-state index contributed by atoms with van der Waals surface area (Å²) in [4.78, 5) is 0.234. The fraction of sp³-hybridized carbons (Fsp3) is 0.471. The molecule has 0 atom stereocenters. The predicted octanol–water partition coefficient (Wildman–Crippen LogP) is 1.69. The average Bonchev–Trinajstić information content (AvgIpc) is 2.89. The van der Waals surface area contributed by atoms with Gasteiger partial charge in [0, 0.05) is 33.2 Å². The third-order valence-corrected chi connectivity index (χ3v) is 9.49. The van der Waals surface area contributed by atoms with Crippen LogP contribution in [-0.4, -0.2) is 61.4 Å². The van der Waals surface area contributed by atoms with Gasteiger partial charge in [-0.25, -0.2) is 16.8 Å². The molecule has 1 aromatic heterocycles. The summed E-state index contributed by atoms with van der Waals surface area (Å²) in [6.45, 7) is 5.43. The highest BCUT2D eigenvalue weighted by atomic mass is 35.5. The first-order valence-corrected chi connectivity index (χ1v) is 12.0. The van der Waals surface area contributed by atoms with Gasteiger partial charge in [-0.05, 0) is 38.0 Å². The molecule has 0 radical (unpaired) electrons. The van der Waals surface area contributed by atoms with Gasteiger partial charge in [-0.15, -0.1) is 0 Å². The number of aromatic nitrogens is 2. The number of rotatable bonds is 4. The number of sulfonamides is 2.